The van der Waals surface area contributed by atoms with Crippen LogP contribution in [-0.2, 0) is 17.9 Å². The molecule has 29 heavy (non-hydrogen) atoms. The van der Waals surface area contributed by atoms with E-state index in [0.717, 1.165) is 38.0 Å². The van der Waals surface area contributed by atoms with Crippen molar-refractivity contribution >= 4 is 5.91 Å². The molecule has 0 radical (unpaired) electrons. The number of nitrogens with zero attached hydrogens (tertiary/aromatic N) is 5. The molecule has 1 saturated heterocycles. The second kappa shape index (κ2) is 8.96. The Hall–Kier alpha value is -3.06. The maximum Gasteiger partial charge on any atom is 0.246 e. The number of carbonyl (C=O) groups is 1. The van der Waals surface area contributed by atoms with Crippen LogP contribution >= 0.6 is 0 Å². The van der Waals surface area contributed by atoms with Gasteiger partial charge in [-0.25, -0.2) is 0 Å². The molecule has 0 atom stereocenters. The Morgan fingerprint density at radius 3 is 2.69 bits per heavy atom. The molecule has 0 unspecified atom stereocenters. The van der Waals surface area contributed by atoms with Crippen LogP contribution in [-0.4, -0.2) is 51.0 Å². The predicted molar refractivity (Wildman–Crippen MR) is 108 cm³/mol. The molecule has 0 bridgehead atoms. The van der Waals surface area contributed by atoms with Gasteiger partial charge in [0, 0.05) is 37.5 Å². The van der Waals surface area contributed by atoms with Gasteiger partial charge in [-0.1, -0.05) is 41.6 Å². The fourth-order valence-corrected chi connectivity index (χ4v) is 3.70. The van der Waals surface area contributed by atoms with E-state index in [1.54, 1.807) is 18.1 Å². The van der Waals surface area contributed by atoms with Crippen molar-refractivity contribution < 1.29 is 9.32 Å². The maximum absolute atomic E-state index is 12.9. The van der Waals surface area contributed by atoms with Gasteiger partial charge in [0.05, 0.1) is 6.54 Å². The number of carbonyl (C=O) groups excluding carboxylic acids is 1. The molecule has 1 fully saturated rings. The van der Waals surface area contributed by atoms with Crippen LogP contribution in [0.5, 0.6) is 0 Å². The Balaban J connectivity index is 1.28. The van der Waals surface area contributed by atoms with Crippen molar-refractivity contribution in [1.82, 2.24) is 24.9 Å². The Kier molecular flexibility index (Phi) is 5.95. The summed E-state index contributed by atoms with van der Waals surface area (Å²) in [5, 5.41) is 4.03. The van der Waals surface area contributed by atoms with Crippen molar-refractivity contribution in [3.05, 3.63) is 66.3 Å². The summed E-state index contributed by atoms with van der Waals surface area (Å²) < 4.78 is 5.34. The summed E-state index contributed by atoms with van der Waals surface area (Å²) in [6.07, 6.45) is 5.42. The minimum Gasteiger partial charge on any atom is -0.337 e. The minimum atomic E-state index is 0.0432. The average Bonchev–Trinajstić information content (AvgIpc) is 3.23. The molecule has 0 aliphatic carbocycles. The molecule has 0 saturated carbocycles. The van der Waals surface area contributed by atoms with E-state index in [0.29, 0.717) is 18.3 Å². The van der Waals surface area contributed by atoms with Gasteiger partial charge in [0.15, 0.2) is 0 Å². The highest BCUT2D eigenvalue weighted by atomic mass is 16.5. The number of hydrogen-bond donors (Lipinski definition) is 0. The quantitative estimate of drug-likeness (QED) is 0.643. The van der Waals surface area contributed by atoms with Crippen molar-refractivity contribution in [2.45, 2.75) is 25.9 Å². The number of likely N-dealkylation sites (tertiary alicyclic amines) is 1. The second-order valence-corrected chi connectivity index (χ2v) is 7.48. The lowest BCUT2D eigenvalue weighted by Crippen LogP contribution is -2.40. The highest BCUT2D eigenvalue weighted by Gasteiger charge is 2.28. The molecule has 0 N–H and O–H groups in total. The van der Waals surface area contributed by atoms with E-state index in [4.69, 9.17) is 4.52 Å². The van der Waals surface area contributed by atoms with Crippen LogP contribution in [0.2, 0.25) is 0 Å². The van der Waals surface area contributed by atoms with Crippen LogP contribution in [0.3, 0.4) is 0 Å². The predicted octanol–water partition coefficient (Wildman–Crippen LogP) is 3.00. The molecule has 7 nitrogen and oxygen atoms in total. The van der Waals surface area contributed by atoms with E-state index in [-0.39, 0.29) is 11.8 Å². The van der Waals surface area contributed by atoms with E-state index in [2.05, 4.69) is 26.1 Å². The molecule has 3 heterocycles. The van der Waals surface area contributed by atoms with Gasteiger partial charge in [0.2, 0.25) is 17.6 Å². The van der Waals surface area contributed by atoms with Gasteiger partial charge >= 0.3 is 0 Å². The summed E-state index contributed by atoms with van der Waals surface area (Å²) in [7, 11) is 1.80. The summed E-state index contributed by atoms with van der Waals surface area (Å²) in [5.41, 5.74) is 2.11. The topological polar surface area (TPSA) is 75.4 Å². The standard InChI is InChI=1S/C22H25N5O2/c1-26(16-20-24-21(25-29-20)18-7-3-2-4-8-18)22(28)19-9-12-27(13-10-19)15-17-6-5-11-23-14-17/h2-8,11,14,19H,9-10,12-13,15-16H2,1H3. The van der Waals surface area contributed by atoms with E-state index in [1.165, 1.54) is 5.56 Å². The number of aromatic nitrogens is 3. The second-order valence-electron chi connectivity index (χ2n) is 7.48. The van der Waals surface area contributed by atoms with E-state index in [1.807, 2.05) is 42.6 Å². The normalized spacial score (nSPS) is 15.3. The lowest BCUT2D eigenvalue weighted by Gasteiger charge is -2.32. The fourth-order valence-electron chi connectivity index (χ4n) is 3.70. The van der Waals surface area contributed by atoms with Gasteiger partial charge < -0.3 is 9.42 Å². The zero-order chi connectivity index (χ0) is 20.1. The molecule has 1 amide bonds. The molecule has 1 aromatic carbocycles. The summed E-state index contributed by atoms with van der Waals surface area (Å²) in [4.78, 5) is 25.5. The number of benzene rings is 1. The molecule has 7 heteroatoms. The molecule has 0 spiro atoms. The van der Waals surface area contributed by atoms with Gasteiger partial charge in [-0.2, -0.15) is 4.98 Å². The Labute approximate surface area is 170 Å². The first-order valence-electron chi connectivity index (χ1n) is 9.93. The van der Waals surface area contributed by atoms with E-state index >= 15 is 0 Å². The van der Waals surface area contributed by atoms with Crippen molar-refractivity contribution in [3.63, 3.8) is 0 Å². The largest absolute Gasteiger partial charge is 0.337 e. The van der Waals surface area contributed by atoms with Crippen molar-refractivity contribution in [3.8, 4) is 11.4 Å². The van der Waals surface area contributed by atoms with Gasteiger partial charge in [0.1, 0.15) is 0 Å². The smallest absolute Gasteiger partial charge is 0.246 e. The van der Waals surface area contributed by atoms with Crippen molar-refractivity contribution in [2.24, 2.45) is 5.92 Å². The summed E-state index contributed by atoms with van der Waals surface area (Å²) in [6, 6.07) is 13.7. The Morgan fingerprint density at radius 2 is 1.97 bits per heavy atom. The maximum atomic E-state index is 12.9. The molecular formula is C22H25N5O2. The Morgan fingerprint density at radius 1 is 1.17 bits per heavy atom. The van der Waals surface area contributed by atoms with Crippen molar-refractivity contribution in [1.29, 1.82) is 0 Å². The lowest BCUT2D eigenvalue weighted by molar-refractivity contribution is -0.136. The van der Waals surface area contributed by atoms with Gasteiger partial charge in [-0.3, -0.25) is 14.7 Å². The molecule has 150 valence electrons. The van der Waals surface area contributed by atoms with Gasteiger partial charge in [0.25, 0.3) is 0 Å². The first-order chi connectivity index (χ1) is 14.2. The van der Waals surface area contributed by atoms with Crippen LogP contribution in [0, 0.1) is 5.92 Å². The summed E-state index contributed by atoms with van der Waals surface area (Å²) in [5.74, 6) is 1.19. The number of pyridine rings is 1. The fraction of sp³-hybridized carbons (Fsp3) is 0.364. The first kappa shape index (κ1) is 19.3. The molecule has 1 aliphatic rings. The summed E-state index contributed by atoms with van der Waals surface area (Å²) >= 11 is 0. The molecule has 2 aromatic heterocycles. The molecule has 3 aromatic rings. The Bertz CT molecular complexity index is 921. The van der Waals surface area contributed by atoms with E-state index in [9.17, 15) is 4.79 Å². The third-order valence-corrected chi connectivity index (χ3v) is 5.31. The highest BCUT2D eigenvalue weighted by Crippen LogP contribution is 2.22. The number of hydrogen-bond acceptors (Lipinski definition) is 6. The number of amides is 1. The SMILES string of the molecule is CN(Cc1nc(-c2ccccc2)no1)C(=O)C1CCN(Cc2cccnc2)CC1. The molecular weight excluding hydrogens is 366 g/mol. The molecule has 4 rings (SSSR count). The third-order valence-electron chi connectivity index (χ3n) is 5.31. The van der Waals surface area contributed by atoms with Crippen molar-refractivity contribution in [2.75, 3.05) is 20.1 Å². The van der Waals surface area contributed by atoms with Crippen LogP contribution in [0.25, 0.3) is 11.4 Å². The van der Waals surface area contributed by atoms with Crippen LogP contribution in [0.15, 0.2) is 59.4 Å². The molecule has 1 aliphatic heterocycles. The van der Waals surface area contributed by atoms with Crippen LogP contribution in [0.1, 0.15) is 24.3 Å². The number of piperidine rings is 1. The first-order valence-corrected chi connectivity index (χ1v) is 9.93. The monoisotopic (exact) mass is 391 g/mol. The third kappa shape index (κ3) is 4.86. The number of rotatable bonds is 6. The lowest BCUT2D eigenvalue weighted by atomic mass is 9.95. The minimum absolute atomic E-state index is 0.0432. The zero-order valence-corrected chi connectivity index (χ0v) is 16.6. The van der Waals surface area contributed by atoms with Gasteiger partial charge in [-0.05, 0) is 37.6 Å². The van der Waals surface area contributed by atoms with Gasteiger partial charge in [-0.15, -0.1) is 0 Å². The van der Waals surface area contributed by atoms with Crippen LogP contribution in [0.4, 0.5) is 0 Å². The zero-order valence-electron chi connectivity index (χ0n) is 16.6. The van der Waals surface area contributed by atoms with Crippen LogP contribution < -0.4 is 0 Å². The van der Waals surface area contributed by atoms with E-state index < -0.39 is 0 Å². The highest BCUT2D eigenvalue weighted by molar-refractivity contribution is 5.78. The average molecular weight is 391 g/mol. The summed E-state index contributed by atoms with van der Waals surface area (Å²) in [6.45, 7) is 3.04.